The maximum absolute atomic E-state index is 4.99. The lowest BCUT2D eigenvalue weighted by Crippen LogP contribution is -2.14. The third-order valence-electron chi connectivity index (χ3n) is 0.694. The third-order valence-corrected chi connectivity index (χ3v) is 4.37. The van der Waals surface area contributed by atoms with Crippen LogP contribution >= 0.6 is 8.17 Å². The van der Waals surface area contributed by atoms with Gasteiger partial charge in [0.05, 0.1) is 14.2 Å². The Balaban J connectivity index is 4.11. The van der Waals surface area contributed by atoms with Gasteiger partial charge in [-0.05, 0) is 19.6 Å². The van der Waals surface area contributed by atoms with E-state index in [9.17, 15) is 0 Å². The quantitative estimate of drug-likeness (QED) is 0.493. The zero-order valence-corrected chi connectivity index (χ0v) is 9.11. The standard InChI is InChI=1S/C5H15NO2PSi/c1-7-9(8-2)6-10(3,4)5/h1-5H3/q+1. The summed E-state index contributed by atoms with van der Waals surface area (Å²) in [5, 5.41) is 0. The second-order valence-corrected chi connectivity index (χ2v) is 9.22. The largest absolute Gasteiger partial charge is 0.547 e. The third kappa shape index (κ3) is 5.06. The topological polar surface area (TPSA) is 30.8 Å². The summed E-state index contributed by atoms with van der Waals surface area (Å²) in [6, 6.07) is 0. The average Bonchev–Trinajstić information content (AvgIpc) is 1.81. The highest BCUT2D eigenvalue weighted by Gasteiger charge is 2.23. The molecule has 0 N–H and O–H groups in total. The Bertz CT molecular complexity index is 126. The van der Waals surface area contributed by atoms with E-state index in [1.807, 2.05) is 0 Å². The first-order valence-electron chi connectivity index (χ1n) is 3.11. The van der Waals surface area contributed by atoms with Gasteiger partial charge >= 0.3 is 8.17 Å². The van der Waals surface area contributed by atoms with Crippen LogP contribution in [0.3, 0.4) is 0 Å². The molecule has 0 aliphatic rings. The minimum absolute atomic E-state index is 0.958. The highest BCUT2D eigenvalue weighted by Crippen LogP contribution is 2.29. The van der Waals surface area contributed by atoms with Crippen molar-refractivity contribution in [2.24, 2.45) is 4.41 Å². The van der Waals surface area contributed by atoms with Crippen molar-refractivity contribution in [1.29, 1.82) is 0 Å². The van der Waals surface area contributed by atoms with E-state index in [1.54, 1.807) is 14.2 Å². The van der Waals surface area contributed by atoms with E-state index >= 15 is 0 Å². The minimum Gasteiger partial charge on any atom is -0.138 e. The molecule has 0 radical (unpaired) electrons. The van der Waals surface area contributed by atoms with Gasteiger partial charge in [0.15, 0.2) is 0 Å². The highest BCUT2D eigenvalue weighted by atomic mass is 31.1. The van der Waals surface area contributed by atoms with Crippen molar-refractivity contribution in [3.8, 4) is 0 Å². The van der Waals surface area contributed by atoms with E-state index in [4.69, 9.17) is 9.05 Å². The van der Waals surface area contributed by atoms with Crippen LogP contribution < -0.4 is 0 Å². The average molecular weight is 180 g/mol. The molecular weight excluding hydrogens is 165 g/mol. The molecule has 0 aromatic rings. The first-order chi connectivity index (χ1) is 4.49. The molecule has 0 atom stereocenters. The maximum atomic E-state index is 4.99. The van der Waals surface area contributed by atoms with Crippen LogP contribution in [0, 0.1) is 0 Å². The van der Waals surface area contributed by atoms with Crippen molar-refractivity contribution in [1.82, 2.24) is 0 Å². The normalized spacial score (nSPS) is 11.3. The molecule has 0 amide bonds. The van der Waals surface area contributed by atoms with Crippen LogP contribution in [0.4, 0.5) is 0 Å². The Kier molecular flexibility index (Phi) is 4.28. The molecule has 0 aliphatic carbocycles. The van der Waals surface area contributed by atoms with Gasteiger partial charge in [0.2, 0.25) is 8.24 Å². The number of hydrogen-bond donors (Lipinski definition) is 0. The van der Waals surface area contributed by atoms with Crippen LogP contribution in [0.15, 0.2) is 4.41 Å². The molecule has 0 spiro atoms. The van der Waals surface area contributed by atoms with E-state index in [1.165, 1.54) is 0 Å². The fraction of sp³-hybridized carbons (Fsp3) is 1.00. The Hall–Kier alpha value is 0.237. The second kappa shape index (κ2) is 4.19. The summed E-state index contributed by atoms with van der Waals surface area (Å²) < 4.78 is 14.4. The molecule has 10 heavy (non-hydrogen) atoms. The van der Waals surface area contributed by atoms with Gasteiger partial charge in [-0.1, -0.05) is 0 Å². The van der Waals surface area contributed by atoms with Crippen LogP contribution in [0.1, 0.15) is 0 Å². The Labute approximate surface area is 64.5 Å². The van der Waals surface area contributed by atoms with Crippen LogP contribution in [0.25, 0.3) is 0 Å². The van der Waals surface area contributed by atoms with E-state index < -0.39 is 16.4 Å². The molecule has 0 aromatic heterocycles. The van der Waals surface area contributed by atoms with Gasteiger partial charge in [0.1, 0.15) is 0 Å². The molecule has 0 bridgehead atoms. The molecule has 60 valence electrons. The summed E-state index contributed by atoms with van der Waals surface area (Å²) >= 11 is 0. The van der Waals surface area contributed by atoms with Crippen LogP contribution in [-0.4, -0.2) is 22.5 Å². The van der Waals surface area contributed by atoms with Crippen molar-refractivity contribution in [3.63, 3.8) is 0 Å². The molecule has 0 fully saturated rings. The van der Waals surface area contributed by atoms with Crippen LogP contribution in [0.2, 0.25) is 19.6 Å². The second-order valence-electron chi connectivity index (χ2n) is 2.87. The lowest BCUT2D eigenvalue weighted by molar-refractivity contribution is 0.352. The fourth-order valence-electron chi connectivity index (χ4n) is 0.401. The molecule has 0 saturated heterocycles. The predicted molar refractivity (Wildman–Crippen MR) is 46.7 cm³/mol. The van der Waals surface area contributed by atoms with E-state index in [-0.39, 0.29) is 0 Å². The summed E-state index contributed by atoms with van der Waals surface area (Å²) in [4.78, 5) is 0. The van der Waals surface area contributed by atoms with Crippen molar-refractivity contribution in [3.05, 3.63) is 0 Å². The molecule has 0 aliphatic heterocycles. The van der Waals surface area contributed by atoms with Gasteiger partial charge in [-0.3, -0.25) is 0 Å². The van der Waals surface area contributed by atoms with Crippen molar-refractivity contribution < 1.29 is 9.05 Å². The first kappa shape index (κ1) is 10.2. The van der Waals surface area contributed by atoms with E-state index in [2.05, 4.69) is 24.1 Å². The molecule has 0 rings (SSSR count). The lowest BCUT2D eigenvalue weighted by atomic mass is 11.8. The van der Waals surface area contributed by atoms with Crippen molar-refractivity contribution >= 4 is 16.4 Å². The Morgan fingerprint density at radius 1 is 1.10 bits per heavy atom. The monoisotopic (exact) mass is 180 g/mol. The maximum Gasteiger partial charge on any atom is 0.547 e. The smallest absolute Gasteiger partial charge is 0.138 e. The minimum atomic E-state index is -1.36. The van der Waals surface area contributed by atoms with Crippen molar-refractivity contribution in [2.75, 3.05) is 14.2 Å². The fourth-order valence-corrected chi connectivity index (χ4v) is 3.16. The summed E-state index contributed by atoms with van der Waals surface area (Å²) in [6.07, 6.45) is 0. The molecule has 0 heterocycles. The molecule has 5 heteroatoms. The van der Waals surface area contributed by atoms with Crippen LogP contribution in [0.5, 0.6) is 0 Å². The molecule has 0 unspecified atom stereocenters. The summed E-state index contributed by atoms with van der Waals surface area (Å²) in [5.41, 5.74) is 0. The van der Waals surface area contributed by atoms with Gasteiger partial charge in [0.25, 0.3) is 0 Å². The highest BCUT2D eigenvalue weighted by molar-refractivity contribution is 7.38. The van der Waals surface area contributed by atoms with E-state index in [0.29, 0.717) is 0 Å². The van der Waals surface area contributed by atoms with Gasteiger partial charge in [-0.15, -0.1) is 13.5 Å². The molecule has 0 saturated carbocycles. The van der Waals surface area contributed by atoms with E-state index in [0.717, 1.165) is 0 Å². The molecule has 0 aromatic carbocycles. The SMILES string of the molecule is CO[P+](=N[Si](C)(C)C)OC. The molecule has 3 nitrogen and oxygen atoms in total. The first-order valence-corrected chi connectivity index (χ1v) is 7.68. The number of rotatable bonds is 3. The van der Waals surface area contributed by atoms with Crippen LogP contribution in [-0.2, 0) is 9.05 Å². The molecular formula is C5H15NO2PSi+. The van der Waals surface area contributed by atoms with Gasteiger partial charge in [-0.25, -0.2) is 0 Å². The van der Waals surface area contributed by atoms with Crippen molar-refractivity contribution in [2.45, 2.75) is 19.6 Å². The summed E-state index contributed by atoms with van der Waals surface area (Å²) in [7, 11) is 0.932. The Morgan fingerprint density at radius 3 is 1.60 bits per heavy atom. The zero-order chi connectivity index (χ0) is 8.20. The van der Waals surface area contributed by atoms with Gasteiger partial charge in [0, 0.05) is 0 Å². The predicted octanol–water partition coefficient (Wildman–Crippen LogP) is 2.61. The van der Waals surface area contributed by atoms with Gasteiger partial charge < -0.3 is 0 Å². The summed E-state index contributed by atoms with van der Waals surface area (Å²) in [5.74, 6) is 0. The number of nitrogens with zero attached hydrogens (tertiary/aromatic N) is 1. The number of hydrogen-bond acceptors (Lipinski definition) is 3. The zero-order valence-electron chi connectivity index (χ0n) is 7.21. The lowest BCUT2D eigenvalue weighted by Gasteiger charge is -1.99. The summed E-state index contributed by atoms with van der Waals surface area (Å²) in [6.45, 7) is 6.46. The van der Waals surface area contributed by atoms with Gasteiger partial charge in [-0.2, -0.15) is 0 Å². The Morgan fingerprint density at radius 2 is 1.50 bits per heavy atom.